The second-order valence-electron chi connectivity index (χ2n) is 4.87. The van der Waals surface area contributed by atoms with Gasteiger partial charge in [0.05, 0.1) is 6.43 Å². The topological polar surface area (TPSA) is 74.6 Å². The zero-order chi connectivity index (χ0) is 22.6. The van der Waals surface area contributed by atoms with Crippen molar-refractivity contribution in [1.29, 1.82) is 0 Å². The molecular weight excluding hydrogens is 692 g/mol. The minimum Gasteiger partial charge on any atom is -0.414 e. The molecular formula is C10H14F11O4RfS-. The number of rotatable bonds is 4. The minimum absolute atomic E-state index is 0. The monoisotopic (exact) mass is 706 g/mol. The molecule has 0 saturated heterocycles. The van der Waals surface area contributed by atoms with Crippen molar-refractivity contribution in [2.45, 2.75) is 56.6 Å². The van der Waals surface area contributed by atoms with Crippen LogP contribution in [-0.2, 0) is 10.1 Å². The van der Waals surface area contributed by atoms with E-state index >= 15 is 0 Å². The molecule has 27 heavy (non-hydrogen) atoms. The Balaban J connectivity index is -0.000000146. The number of aliphatic hydroxyl groups is 1. The van der Waals surface area contributed by atoms with Crippen molar-refractivity contribution in [1.82, 2.24) is 0 Å². The van der Waals surface area contributed by atoms with E-state index in [9.17, 15) is 56.7 Å². The summed E-state index contributed by atoms with van der Waals surface area (Å²) >= 11 is 0. The van der Waals surface area contributed by atoms with Gasteiger partial charge in [-0.15, -0.1) is 0 Å². The molecule has 1 unspecified atom stereocenters. The first-order valence-electron chi connectivity index (χ1n) is 5.77. The van der Waals surface area contributed by atoms with Crippen molar-refractivity contribution in [2.24, 2.45) is 0 Å². The Hall–Kier alpha value is -1.90. The van der Waals surface area contributed by atoms with Crippen molar-refractivity contribution in [3.05, 3.63) is 6.43 Å². The van der Waals surface area contributed by atoms with Gasteiger partial charge in [-0.1, -0.05) is 0 Å². The van der Waals surface area contributed by atoms with Gasteiger partial charge in [-0.2, -0.15) is 8.42 Å². The van der Waals surface area contributed by atoms with Crippen LogP contribution >= 0.6 is 0 Å². The van der Waals surface area contributed by atoms with Crippen LogP contribution in [0.1, 0.15) is 27.7 Å². The summed E-state index contributed by atoms with van der Waals surface area (Å²) in [5.41, 5.74) is 0. The summed E-state index contributed by atoms with van der Waals surface area (Å²) < 4.78 is 152. The van der Waals surface area contributed by atoms with E-state index in [1.54, 1.807) is 0 Å². The molecule has 0 aliphatic heterocycles. The Labute approximate surface area is 140 Å². The van der Waals surface area contributed by atoms with Crippen molar-refractivity contribution in [3.8, 4) is 0 Å². The molecule has 0 fully saturated rings. The van der Waals surface area contributed by atoms with Gasteiger partial charge in [0, 0.05) is 27.7 Å². The second-order valence-corrected chi connectivity index (χ2v) is 6.33. The van der Waals surface area contributed by atoms with Gasteiger partial charge >= 0.3 is 33.1 Å². The van der Waals surface area contributed by atoms with E-state index < -0.39 is 45.4 Å². The molecule has 0 aromatic heterocycles. The molecule has 0 rings (SSSR count). The largest absolute Gasteiger partial charge is 0.414 e. The van der Waals surface area contributed by atoms with Crippen LogP contribution in [0.2, 0.25) is 0 Å². The fraction of sp³-hybridized carbons (Fsp3) is 0.900. The first-order chi connectivity index (χ1) is 10.7. The standard InChI is InChI=1S/C4H6F4.C4H7F3O.C2HF4O3S.Rf/c2*1-3(5,6)4(2,7)8;3-1(4)2(5,6)10(7,8)9;/h1-2H3;8H,1-2H3;(H,7,8,9);/q;;-1;. The number of halogens is 11. The van der Waals surface area contributed by atoms with Crippen LogP contribution in [0.3, 0.4) is 0 Å². The number of hydrogen-bond donors (Lipinski definition) is 2. The molecule has 0 radical (unpaired) electrons. The summed E-state index contributed by atoms with van der Waals surface area (Å²) in [5.74, 6) is -14.9. The maximum Gasteiger partial charge on any atom is 0.312 e. The van der Waals surface area contributed by atoms with Crippen LogP contribution in [-0.4, -0.2) is 47.0 Å². The third-order valence-electron chi connectivity index (χ3n) is 2.12. The van der Waals surface area contributed by atoms with Gasteiger partial charge in [-0.25, -0.2) is 39.5 Å². The molecule has 1 atom stereocenters. The van der Waals surface area contributed by atoms with Crippen molar-refractivity contribution in [2.75, 3.05) is 0 Å². The zero-order valence-corrected chi connectivity index (χ0v) is 21.2. The molecule has 0 aliphatic carbocycles. The summed E-state index contributed by atoms with van der Waals surface area (Å²) in [6.45, 7) is 1.10. The minimum atomic E-state index is -6.02. The molecule has 2 N–H and O–H groups in total. The van der Waals surface area contributed by atoms with Gasteiger partial charge in [0.25, 0.3) is 5.85 Å². The van der Waals surface area contributed by atoms with Crippen molar-refractivity contribution in [3.63, 3.8) is 0 Å². The fourth-order valence-corrected chi connectivity index (χ4v) is 0.292. The Kier molecular flexibility index (Phi) is 11.3. The Bertz CT molecular complexity index is 467. The van der Waals surface area contributed by atoms with Gasteiger partial charge in [-0.3, -0.25) is 4.55 Å². The van der Waals surface area contributed by atoms with Crippen LogP contribution in [0.15, 0.2) is 0 Å². The maximum absolute atomic E-state index is 11.7. The third kappa shape index (κ3) is 12.2. The first-order valence-corrected chi connectivity index (χ1v) is 7.21. The van der Waals surface area contributed by atoms with Gasteiger partial charge < -0.3 is 13.9 Å². The Morgan fingerprint density at radius 3 is 0.889 bits per heavy atom. The summed E-state index contributed by atoms with van der Waals surface area (Å²) in [4.78, 5) is 0. The molecule has 0 spiro atoms. The van der Waals surface area contributed by atoms with Crippen LogP contribution in [0.5, 0.6) is 0 Å². The predicted octanol–water partition coefficient (Wildman–Crippen LogP) is 4.51. The molecule has 17 heteroatoms. The third-order valence-corrected chi connectivity index (χ3v) is 2.92. The van der Waals surface area contributed by atoms with Crippen LogP contribution in [0, 0.1) is 6.43 Å². The average molecular weight is 706 g/mol. The Morgan fingerprint density at radius 2 is 0.889 bits per heavy atom. The van der Waals surface area contributed by atoms with E-state index in [-0.39, 0.29) is 13.8 Å². The number of alkyl halides is 9. The van der Waals surface area contributed by atoms with E-state index in [4.69, 9.17) is 9.66 Å². The quantitative estimate of drug-likeness (QED) is 0.257. The molecule has 0 aliphatic rings. The van der Waals surface area contributed by atoms with E-state index in [0.717, 1.165) is 0 Å². The number of hydrogen-bond acceptors (Lipinski definition) is 3. The van der Waals surface area contributed by atoms with Gasteiger partial charge in [-0.05, 0) is 0 Å². The second kappa shape index (κ2) is 9.34. The van der Waals surface area contributed by atoms with Crippen LogP contribution in [0.25, 0.3) is 0 Å². The van der Waals surface area contributed by atoms with Crippen LogP contribution < -0.4 is 0 Å². The fourth-order valence-electron chi connectivity index (χ4n) is 0.0975. The molecule has 0 heterocycles. The smallest absolute Gasteiger partial charge is 0.312 e. The summed E-state index contributed by atoms with van der Waals surface area (Å²) in [6.07, 6.45) is -3.66. The van der Waals surface area contributed by atoms with Gasteiger partial charge in [0.2, 0.25) is 0 Å². The summed E-state index contributed by atoms with van der Waals surface area (Å²) in [6, 6.07) is 0. The molecule has 4 nitrogen and oxygen atoms in total. The molecule has 0 aromatic carbocycles. The van der Waals surface area contributed by atoms with Gasteiger partial charge in [0.15, 0.2) is 0 Å². The van der Waals surface area contributed by atoms with Crippen molar-refractivity contribution < 1.29 is 66.4 Å². The van der Waals surface area contributed by atoms with E-state index in [2.05, 4.69) is 0 Å². The molecule has 0 saturated carbocycles. The molecule has 164 valence electrons. The van der Waals surface area contributed by atoms with E-state index in [1.165, 1.54) is 0 Å². The normalized spacial score (nSPS) is 15.5. The molecule has 0 bridgehead atoms. The first kappa shape index (κ1) is 32.7. The molecule has 0 aromatic rings. The summed E-state index contributed by atoms with van der Waals surface area (Å²) in [7, 11) is -6.02. The summed E-state index contributed by atoms with van der Waals surface area (Å²) in [5, 5.41) is 2.49. The predicted molar refractivity (Wildman–Crippen MR) is 65.5 cm³/mol. The maximum atomic E-state index is 11.7. The van der Waals surface area contributed by atoms with E-state index in [1.807, 2.05) is 0 Å². The van der Waals surface area contributed by atoms with Crippen LogP contribution in [0.4, 0.5) is 48.3 Å². The zero-order valence-electron chi connectivity index (χ0n) is 14.0. The Morgan fingerprint density at radius 1 is 0.704 bits per heavy atom. The van der Waals surface area contributed by atoms with E-state index in [0.29, 0.717) is 13.8 Å². The van der Waals surface area contributed by atoms with Gasteiger partial charge in [0.1, 0.15) is 0 Å². The SMILES string of the molecule is CC(F)(F)C(C)(F)F.CC(O)(F)C(C)(F)F.O=S(=O)(O)C(F)(F)[C-](F)F.[Rf]. The molecule has 0 amide bonds. The average Bonchev–Trinajstić information content (AvgIpc) is 2.22. The van der Waals surface area contributed by atoms with Crippen molar-refractivity contribution >= 4 is 10.1 Å².